The number of amides is 4. The number of hydrogen-bond donors (Lipinski definition) is 2. The van der Waals surface area contributed by atoms with Crippen molar-refractivity contribution in [3.05, 3.63) is 129 Å². The fraction of sp³-hybridized carbons (Fsp3) is 0.143. The Bertz CT molecular complexity index is 1790. The molecule has 5 rings (SSSR count). The van der Waals surface area contributed by atoms with Crippen molar-refractivity contribution in [3.8, 4) is 0 Å². The van der Waals surface area contributed by atoms with Gasteiger partial charge in [0.25, 0.3) is 11.8 Å². The van der Waals surface area contributed by atoms with Gasteiger partial charge in [-0.1, -0.05) is 85.6 Å². The lowest BCUT2D eigenvalue weighted by atomic mass is 10.0. The summed E-state index contributed by atoms with van der Waals surface area (Å²) in [6, 6.07) is 28.0. The van der Waals surface area contributed by atoms with Gasteiger partial charge in [-0.2, -0.15) is 0 Å². The second kappa shape index (κ2) is 14.2. The largest absolute Gasteiger partial charge is 0.321 e. The van der Waals surface area contributed by atoms with Gasteiger partial charge >= 0.3 is 0 Å². The number of rotatable bonds is 9. The number of nitrogens with one attached hydrogen (secondary N) is 2. The monoisotopic (exact) mass is 657 g/mol. The normalized spacial score (nSPS) is 15.0. The minimum atomic E-state index is -0.687. The molecule has 1 aliphatic rings. The average molecular weight is 659 g/mol. The van der Waals surface area contributed by atoms with Crippen molar-refractivity contribution in [1.82, 2.24) is 5.32 Å². The van der Waals surface area contributed by atoms with E-state index in [4.69, 9.17) is 23.2 Å². The molecule has 0 radical (unpaired) electrons. The molecule has 0 unspecified atom stereocenters. The first-order chi connectivity index (χ1) is 21.6. The third-order valence-corrected chi connectivity index (χ3v) is 8.80. The van der Waals surface area contributed by atoms with E-state index in [0.717, 1.165) is 16.0 Å². The van der Waals surface area contributed by atoms with Crippen LogP contribution in [0.1, 0.15) is 47.7 Å². The maximum atomic E-state index is 13.5. The molecule has 4 aromatic rings. The van der Waals surface area contributed by atoms with E-state index in [0.29, 0.717) is 27.1 Å². The molecule has 1 aliphatic heterocycles. The highest BCUT2D eigenvalue weighted by Gasteiger charge is 2.41. The molecule has 4 aromatic carbocycles. The van der Waals surface area contributed by atoms with Crippen molar-refractivity contribution in [3.63, 3.8) is 0 Å². The van der Waals surface area contributed by atoms with E-state index in [1.807, 2.05) is 24.3 Å². The number of carbonyl (C=O) groups excluding carboxylic acids is 4. The predicted octanol–water partition coefficient (Wildman–Crippen LogP) is 7.95. The molecule has 1 fully saturated rings. The van der Waals surface area contributed by atoms with E-state index in [-0.39, 0.29) is 28.7 Å². The van der Waals surface area contributed by atoms with Crippen LogP contribution < -0.4 is 15.5 Å². The summed E-state index contributed by atoms with van der Waals surface area (Å²) in [7, 11) is 0. The Morgan fingerprint density at radius 2 is 1.64 bits per heavy atom. The zero-order valence-electron chi connectivity index (χ0n) is 24.4. The zero-order valence-corrected chi connectivity index (χ0v) is 26.7. The molecule has 1 heterocycles. The molecule has 2 N–H and O–H groups in total. The average Bonchev–Trinajstić information content (AvgIpc) is 3.30. The Morgan fingerprint density at radius 3 is 2.36 bits per heavy atom. The fourth-order valence-electron chi connectivity index (χ4n) is 4.70. The van der Waals surface area contributed by atoms with Crippen LogP contribution in [0.4, 0.5) is 11.4 Å². The van der Waals surface area contributed by atoms with Gasteiger partial charge in [0.1, 0.15) is 5.70 Å². The second-order valence-corrected chi connectivity index (χ2v) is 12.8. The summed E-state index contributed by atoms with van der Waals surface area (Å²) in [4.78, 5) is 54.4. The van der Waals surface area contributed by atoms with Crippen molar-refractivity contribution in [1.29, 1.82) is 0 Å². The summed E-state index contributed by atoms with van der Waals surface area (Å²) in [5.74, 6) is -1.38. The van der Waals surface area contributed by atoms with E-state index in [1.165, 1.54) is 23.9 Å². The van der Waals surface area contributed by atoms with Crippen LogP contribution in [0.2, 0.25) is 10.0 Å². The van der Waals surface area contributed by atoms with Crippen molar-refractivity contribution >= 4 is 76.0 Å². The Morgan fingerprint density at radius 1 is 0.911 bits per heavy atom. The number of nitrogens with zero attached hydrogens (tertiary/aromatic N) is 1. The van der Waals surface area contributed by atoms with Gasteiger partial charge in [-0.3, -0.25) is 19.2 Å². The predicted molar refractivity (Wildman–Crippen MR) is 181 cm³/mol. The van der Waals surface area contributed by atoms with Gasteiger partial charge in [-0.15, -0.1) is 11.8 Å². The first-order valence-corrected chi connectivity index (χ1v) is 15.8. The van der Waals surface area contributed by atoms with Crippen molar-refractivity contribution in [2.75, 3.05) is 10.2 Å². The van der Waals surface area contributed by atoms with Crippen LogP contribution in [0, 0.1) is 0 Å². The minimum Gasteiger partial charge on any atom is -0.321 e. The number of hydrogen-bond acceptors (Lipinski definition) is 5. The van der Waals surface area contributed by atoms with E-state index in [9.17, 15) is 19.2 Å². The molecule has 0 aliphatic carbocycles. The molecule has 1 atom stereocenters. The van der Waals surface area contributed by atoms with Crippen LogP contribution in [0.25, 0.3) is 6.08 Å². The second-order valence-electron chi connectivity index (χ2n) is 10.7. The van der Waals surface area contributed by atoms with E-state index in [1.54, 1.807) is 66.7 Å². The van der Waals surface area contributed by atoms with Gasteiger partial charge in [0.05, 0.1) is 16.0 Å². The van der Waals surface area contributed by atoms with Crippen molar-refractivity contribution < 1.29 is 19.2 Å². The molecular weight excluding hydrogens is 629 g/mol. The smallest absolute Gasteiger partial charge is 0.272 e. The summed E-state index contributed by atoms with van der Waals surface area (Å²) in [6.07, 6.45) is 1.61. The number of imide groups is 1. The van der Waals surface area contributed by atoms with Gasteiger partial charge in [0, 0.05) is 27.6 Å². The first kappa shape index (κ1) is 32.0. The van der Waals surface area contributed by atoms with Gasteiger partial charge in [-0.25, -0.2) is 4.90 Å². The highest BCUT2D eigenvalue weighted by atomic mass is 35.5. The number of benzene rings is 4. The van der Waals surface area contributed by atoms with Gasteiger partial charge in [0.2, 0.25) is 11.8 Å². The Labute approximate surface area is 275 Å². The number of thioether (sulfide) groups is 1. The van der Waals surface area contributed by atoms with Gasteiger partial charge in [0.15, 0.2) is 0 Å². The lowest BCUT2D eigenvalue weighted by Crippen LogP contribution is -2.31. The number of halogens is 2. The van der Waals surface area contributed by atoms with Crippen molar-refractivity contribution in [2.45, 2.75) is 36.3 Å². The van der Waals surface area contributed by atoms with E-state index >= 15 is 0 Å². The lowest BCUT2D eigenvalue weighted by Gasteiger charge is -2.17. The summed E-state index contributed by atoms with van der Waals surface area (Å²) in [5.41, 5.74) is 3.07. The Kier molecular flexibility index (Phi) is 10.1. The van der Waals surface area contributed by atoms with Crippen LogP contribution >= 0.6 is 35.0 Å². The Balaban J connectivity index is 1.34. The molecule has 0 aromatic heterocycles. The number of carbonyl (C=O) groups is 4. The molecule has 10 heteroatoms. The third-order valence-electron chi connectivity index (χ3n) is 7.07. The summed E-state index contributed by atoms with van der Waals surface area (Å²) >= 11 is 13.6. The third kappa shape index (κ3) is 7.84. The fourth-order valence-corrected chi connectivity index (χ4v) is 6.18. The lowest BCUT2D eigenvalue weighted by molar-refractivity contribution is -0.121. The maximum absolute atomic E-state index is 13.5. The van der Waals surface area contributed by atoms with Crippen molar-refractivity contribution in [2.24, 2.45) is 0 Å². The molecular formula is C35H29Cl2N3O4S. The molecule has 45 heavy (non-hydrogen) atoms. The van der Waals surface area contributed by atoms with Crippen LogP contribution in [-0.4, -0.2) is 28.9 Å². The van der Waals surface area contributed by atoms with Gasteiger partial charge < -0.3 is 10.6 Å². The highest BCUT2D eigenvalue weighted by molar-refractivity contribution is 8.00. The molecule has 0 saturated carbocycles. The van der Waals surface area contributed by atoms with Crippen LogP contribution in [0.3, 0.4) is 0 Å². The number of anilines is 2. The summed E-state index contributed by atoms with van der Waals surface area (Å²) in [6.45, 7) is 4.20. The summed E-state index contributed by atoms with van der Waals surface area (Å²) in [5, 5.41) is 5.52. The molecule has 4 amide bonds. The van der Waals surface area contributed by atoms with Crippen LogP contribution in [0.15, 0.2) is 108 Å². The molecule has 0 bridgehead atoms. The summed E-state index contributed by atoms with van der Waals surface area (Å²) < 4.78 is 0. The highest BCUT2D eigenvalue weighted by Crippen LogP contribution is 2.38. The topological polar surface area (TPSA) is 95.6 Å². The van der Waals surface area contributed by atoms with Crippen LogP contribution in [-0.2, 0) is 14.4 Å². The SMILES string of the molecule is CC(C)c1ccc(/C=C(\NC(=O)c2ccccc2)C(=O)Nc2cccc(S[C@H]3CC(=O)N(c4cc(Cl)ccc4Cl)C3=O)c2)cc1. The maximum Gasteiger partial charge on any atom is 0.272 e. The van der Waals surface area contributed by atoms with Crippen LogP contribution in [0.5, 0.6) is 0 Å². The molecule has 1 saturated heterocycles. The van der Waals surface area contributed by atoms with E-state index in [2.05, 4.69) is 24.5 Å². The minimum absolute atomic E-state index is 0.0169. The first-order valence-electron chi connectivity index (χ1n) is 14.2. The molecule has 228 valence electrons. The molecule has 7 nitrogen and oxygen atoms in total. The van der Waals surface area contributed by atoms with E-state index < -0.39 is 23.0 Å². The quantitative estimate of drug-likeness (QED) is 0.141. The molecule has 0 spiro atoms. The Hall–Kier alpha value is -4.37. The van der Waals surface area contributed by atoms with Gasteiger partial charge in [-0.05, 0) is 71.7 Å². The standard InChI is InChI=1S/C35H29Cl2N3O4S/c1-21(2)23-13-11-22(12-14-23)17-29(39-33(42)24-7-4-3-5-8-24)34(43)38-26-9-6-10-27(19-26)45-31-20-32(41)40(35(31)44)30-18-25(36)15-16-28(30)37/h3-19,21,31H,20H2,1-2H3,(H,38,43)(H,39,42)/b29-17-/t31-/m0/s1. The zero-order chi connectivity index (χ0) is 32.1.